The molecule has 1 aliphatic carbocycles. The van der Waals surface area contributed by atoms with E-state index in [4.69, 9.17) is 0 Å². The number of carbonyl (C=O) groups is 2. The average Bonchev–Trinajstić information content (AvgIpc) is 3.15. The number of fused-ring (bicyclic) bond motifs is 2. The van der Waals surface area contributed by atoms with Crippen molar-refractivity contribution in [2.45, 2.75) is 45.7 Å². The molecule has 0 saturated carbocycles. The van der Waals surface area contributed by atoms with E-state index in [1.807, 2.05) is 22.9 Å². The molecule has 0 radical (unpaired) electrons. The van der Waals surface area contributed by atoms with E-state index in [9.17, 15) is 22.8 Å². The Kier molecular flexibility index (Phi) is 7.93. The van der Waals surface area contributed by atoms with Gasteiger partial charge in [-0.1, -0.05) is 42.5 Å². The first-order valence-electron chi connectivity index (χ1n) is 13.7. The number of halogens is 1. The number of aromatic amines is 1. The third-order valence-electron chi connectivity index (χ3n) is 7.59. The van der Waals surface area contributed by atoms with Gasteiger partial charge in [0.05, 0.1) is 12.7 Å². The summed E-state index contributed by atoms with van der Waals surface area (Å²) in [6, 6.07) is 14.0. The van der Waals surface area contributed by atoms with Crippen LogP contribution in [0.4, 0.5) is 4.39 Å². The molecule has 222 valence electrons. The minimum Gasteiger partial charge on any atom is -0.322 e. The second kappa shape index (κ2) is 11.3. The van der Waals surface area contributed by atoms with Crippen LogP contribution >= 0.6 is 0 Å². The van der Waals surface area contributed by atoms with Crippen molar-refractivity contribution in [3.63, 3.8) is 0 Å². The van der Waals surface area contributed by atoms with Crippen LogP contribution in [0.3, 0.4) is 0 Å². The zero-order chi connectivity index (χ0) is 31.1. The molecule has 1 aromatic heterocycles. The van der Waals surface area contributed by atoms with Crippen LogP contribution in [-0.4, -0.2) is 32.2 Å². The Hall–Kier alpha value is -4.41. The van der Waals surface area contributed by atoms with Crippen LogP contribution in [0.15, 0.2) is 71.6 Å². The number of hydrogen-bond acceptors (Lipinski definition) is 6. The van der Waals surface area contributed by atoms with Crippen LogP contribution in [0, 0.1) is 6.92 Å². The molecule has 2 N–H and O–H groups in total. The fourth-order valence-corrected chi connectivity index (χ4v) is 6.01. The number of aromatic nitrogens is 1. The molecule has 0 atom stereocenters. The molecule has 43 heavy (non-hydrogen) atoms. The summed E-state index contributed by atoms with van der Waals surface area (Å²) in [5.74, 6) is -1.31. The third kappa shape index (κ3) is 6.07. The first-order valence-corrected chi connectivity index (χ1v) is 15.1. The molecule has 10 heteroatoms. The molecule has 5 rings (SSSR count). The number of Topliss-reactive ketones (excluding diaryl/α,β-unsaturated/α-hetero) is 1. The van der Waals surface area contributed by atoms with Gasteiger partial charge in [-0.25, -0.2) is 9.11 Å². The number of alkyl halides is 1. The SMILES string of the molecule is COS(=O)(=O)NC(=O)c1c(Cc2cc3ccccc3[nH]c2=O)cc2cc(C)c(C(C)(C)F)cc2c1C1=CC=CCCC1=O. The molecular weight excluding hydrogens is 571 g/mol. The Bertz CT molecular complexity index is 2030. The molecule has 0 saturated heterocycles. The lowest BCUT2D eigenvalue weighted by atomic mass is 9.82. The first-order chi connectivity index (χ1) is 20.3. The van der Waals surface area contributed by atoms with E-state index in [1.54, 1.807) is 55.5 Å². The number of H-pyrrole nitrogens is 1. The Balaban J connectivity index is 1.89. The number of nitrogens with one attached hydrogen (secondary N) is 2. The van der Waals surface area contributed by atoms with Gasteiger partial charge in [0.2, 0.25) is 0 Å². The number of amides is 1. The van der Waals surface area contributed by atoms with Gasteiger partial charge >= 0.3 is 10.3 Å². The fourth-order valence-electron chi connectivity index (χ4n) is 5.60. The molecule has 0 fully saturated rings. The van der Waals surface area contributed by atoms with Crippen molar-refractivity contribution in [1.82, 2.24) is 9.71 Å². The molecule has 4 aromatic rings. The number of para-hydroxylation sites is 1. The van der Waals surface area contributed by atoms with E-state index in [0.717, 1.165) is 12.5 Å². The maximum Gasteiger partial charge on any atom is 0.362 e. The number of benzene rings is 3. The van der Waals surface area contributed by atoms with Crippen LogP contribution < -0.4 is 10.3 Å². The highest BCUT2D eigenvalue weighted by atomic mass is 32.2. The molecule has 0 unspecified atom stereocenters. The second-order valence-electron chi connectivity index (χ2n) is 11.1. The average molecular weight is 603 g/mol. The number of ketones is 1. The molecular formula is C33H31FN2O6S. The van der Waals surface area contributed by atoms with Crippen LogP contribution in [0.1, 0.15) is 64.9 Å². The summed E-state index contributed by atoms with van der Waals surface area (Å²) in [5.41, 5.74) is 0.363. The monoisotopic (exact) mass is 602 g/mol. The van der Waals surface area contributed by atoms with Crippen molar-refractivity contribution in [2.24, 2.45) is 0 Å². The molecule has 0 aliphatic heterocycles. The zero-order valence-corrected chi connectivity index (χ0v) is 25.0. The second-order valence-corrected chi connectivity index (χ2v) is 12.5. The van der Waals surface area contributed by atoms with Crippen molar-refractivity contribution in [2.75, 3.05) is 7.11 Å². The lowest BCUT2D eigenvalue weighted by Gasteiger charge is -2.23. The first kappa shape index (κ1) is 30.1. The highest BCUT2D eigenvalue weighted by Crippen LogP contribution is 2.39. The number of allylic oxidation sites excluding steroid dienone is 4. The topological polar surface area (TPSA) is 122 Å². The van der Waals surface area contributed by atoms with Crippen LogP contribution in [-0.2, 0) is 31.4 Å². The van der Waals surface area contributed by atoms with Gasteiger partial charge < -0.3 is 4.98 Å². The van der Waals surface area contributed by atoms with Crippen molar-refractivity contribution in [3.8, 4) is 0 Å². The molecule has 1 heterocycles. The van der Waals surface area contributed by atoms with E-state index in [2.05, 4.69) is 9.17 Å². The molecule has 8 nitrogen and oxygen atoms in total. The molecule has 1 amide bonds. The zero-order valence-electron chi connectivity index (χ0n) is 24.2. The number of carbonyl (C=O) groups excluding carboxylic acids is 2. The Morgan fingerprint density at radius 3 is 2.51 bits per heavy atom. The largest absolute Gasteiger partial charge is 0.362 e. The molecule has 0 spiro atoms. The minimum absolute atomic E-state index is 0.0639. The van der Waals surface area contributed by atoms with Gasteiger partial charge in [-0.05, 0) is 84.3 Å². The summed E-state index contributed by atoms with van der Waals surface area (Å²) < 4.78 is 46.6. The van der Waals surface area contributed by atoms with Crippen LogP contribution in [0.2, 0.25) is 0 Å². The maximum atomic E-state index is 15.4. The van der Waals surface area contributed by atoms with E-state index >= 15 is 4.39 Å². The van der Waals surface area contributed by atoms with Crippen LogP contribution in [0.5, 0.6) is 0 Å². The molecule has 1 aliphatic rings. The normalized spacial score (nSPS) is 14.2. The highest BCUT2D eigenvalue weighted by Gasteiger charge is 2.30. The lowest BCUT2D eigenvalue weighted by Crippen LogP contribution is -2.33. The lowest BCUT2D eigenvalue weighted by molar-refractivity contribution is -0.113. The summed E-state index contributed by atoms with van der Waals surface area (Å²) in [6.07, 6.45) is 5.67. The molecule has 3 aromatic carbocycles. The molecule has 0 bridgehead atoms. The minimum atomic E-state index is -4.50. The standard InChI is InChI=1S/C33H31FN2O6S/c1-19-14-21-16-22(17-23-15-20-10-8-9-12-27(20)35-31(23)38)29(32(39)36-43(40,41)42-4)30(24-11-6-5-7-13-28(24)37)25(21)18-26(19)33(2,3)34/h5-6,8-12,14-16,18H,7,13,17H2,1-4H3,(H,35,38)(H,36,39). The van der Waals surface area contributed by atoms with E-state index in [0.29, 0.717) is 45.0 Å². The van der Waals surface area contributed by atoms with Crippen molar-refractivity contribution >= 4 is 49.2 Å². The maximum absolute atomic E-state index is 15.4. The van der Waals surface area contributed by atoms with Gasteiger partial charge in [0.25, 0.3) is 11.5 Å². The van der Waals surface area contributed by atoms with Gasteiger partial charge in [0.1, 0.15) is 5.67 Å². The Labute approximate surface area is 248 Å². The van der Waals surface area contributed by atoms with E-state index < -0.39 is 21.9 Å². The van der Waals surface area contributed by atoms with Crippen molar-refractivity contribution in [1.29, 1.82) is 0 Å². The summed E-state index contributed by atoms with van der Waals surface area (Å²) in [6.45, 7) is 4.60. The summed E-state index contributed by atoms with van der Waals surface area (Å²) >= 11 is 0. The number of aryl methyl sites for hydroxylation is 1. The number of pyridine rings is 1. The number of rotatable bonds is 7. The van der Waals surface area contributed by atoms with Crippen molar-refractivity contribution < 1.29 is 26.6 Å². The van der Waals surface area contributed by atoms with Gasteiger partial charge in [0, 0.05) is 35.1 Å². The summed E-state index contributed by atoms with van der Waals surface area (Å²) in [5, 5.41) is 1.77. The van der Waals surface area contributed by atoms with Crippen LogP contribution in [0.25, 0.3) is 27.2 Å². The smallest absolute Gasteiger partial charge is 0.322 e. The fraction of sp³-hybridized carbons (Fsp3) is 0.242. The third-order valence-corrected chi connectivity index (χ3v) is 8.46. The number of hydrogen-bond donors (Lipinski definition) is 2. The Morgan fingerprint density at radius 1 is 1.07 bits per heavy atom. The highest BCUT2D eigenvalue weighted by molar-refractivity contribution is 7.85. The van der Waals surface area contributed by atoms with E-state index in [1.165, 1.54) is 13.8 Å². The van der Waals surface area contributed by atoms with Gasteiger partial charge in [-0.3, -0.25) is 18.6 Å². The van der Waals surface area contributed by atoms with E-state index in [-0.39, 0.29) is 40.9 Å². The summed E-state index contributed by atoms with van der Waals surface area (Å²) in [7, 11) is -3.59. The van der Waals surface area contributed by atoms with Gasteiger partial charge in [-0.2, -0.15) is 8.42 Å². The van der Waals surface area contributed by atoms with Crippen molar-refractivity contribution in [3.05, 3.63) is 110 Å². The van der Waals surface area contributed by atoms with Gasteiger partial charge in [-0.15, -0.1) is 0 Å². The Morgan fingerprint density at radius 2 is 1.79 bits per heavy atom. The van der Waals surface area contributed by atoms with Gasteiger partial charge in [0.15, 0.2) is 5.78 Å². The predicted molar refractivity (Wildman–Crippen MR) is 165 cm³/mol. The summed E-state index contributed by atoms with van der Waals surface area (Å²) in [4.78, 5) is 43.4. The predicted octanol–water partition coefficient (Wildman–Crippen LogP) is 5.71. The quantitative estimate of drug-likeness (QED) is 0.280.